The first-order valence-corrected chi connectivity index (χ1v) is 3.89. The Balaban J connectivity index is 2.22. The lowest BCUT2D eigenvalue weighted by Crippen LogP contribution is -2.25. The number of hydrogen-bond acceptors (Lipinski definition) is 3. The fourth-order valence-corrected chi connectivity index (χ4v) is 1.63. The molecule has 1 rings (SSSR count). The van der Waals surface area contributed by atoms with Gasteiger partial charge in [-0.1, -0.05) is 0 Å². The monoisotopic (exact) mass is 147 g/mol. The Morgan fingerprint density at radius 2 is 2.67 bits per heavy atom. The van der Waals surface area contributed by atoms with Gasteiger partial charge in [0.05, 0.1) is 11.1 Å². The summed E-state index contributed by atoms with van der Waals surface area (Å²) in [6, 6.07) is 0. The lowest BCUT2D eigenvalue weighted by molar-refractivity contribution is -0.118. The van der Waals surface area contributed by atoms with Gasteiger partial charge in [0.2, 0.25) is 5.91 Å². The largest absolute Gasteiger partial charge is 0.396 e. The third kappa shape index (κ3) is 1.87. The predicted octanol–water partition coefficient (Wildman–Crippen LogP) is -0.442. The van der Waals surface area contributed by atoms with Gasteiger partial charge < -0.3 is 10.4 Å². The lowest BCUT2D eigenvalue weighted by atomic mass is 10.4. The summed E-state index contributed by atoms with van der Waals surface area (Å²) >= 11 is 1.55. The molecule has 3 nitrogen and oxygen atoms in total. The second-order valence-electron chi connectivity index (χ2n) is 1.88. The topological polar surface area (TPSA) is 49.3 Å². The van der Waals surface area contributed by atoms with Crippen LogP contribution >= 0.6 is 11.8 Å². The molecule has 0 aliphatic carbocycles. The van der Waals surface area contributed by atoms with E-state index in [2.05, 4.69) is 5.32 Å². The Bertz CT molecular complexity index is 118. The van der Waals surface area contributed by atoms with E-state index in [1.165, 1.54) is 0 Å². The Morgan fingerprint density at radius 1 is 1.89 bits per heavy atom. The van der Waals surface area contributed by atoms with E-state index in [4.69, 9.17) is 5.11 Å². The molecule has 1 amide bonds. The van der Waals surface area contributed by atoms with Crippen LogP contribution in [0.5, 0.6) is 0 Å². The standard InChI is InChI=1S/C5H9NO2S/c7-2-1-5-6-4(8)3-9-5/h5,7H,1-3H2,(H,6,8). The molecule has 0 radical (unpaired) electrons. The van der Waals surface area contributed by atoms with Crippen molar-refractivity contribution in [1.29, 1.82) is 0 Å². The molecule has 1 saturated heterocycles. The highest BCUT2D eigenvalue weighted by molar-refractivity contribution is 8.01. The van der Waals surface area contributed by atoms with Gasteiger partial charge in [0.1, 0.15) is 0 Å². The number of thioether (sulfide) groups is 1. The number of nitrogens with one attached hydrogen (secondary N) is 1. The second kappa shape index (κ2) is 3.08. The van der Waals surface area contributed by atoms with Crippen molar-refractivity contribution in [3.05, 3.63) is 0 Å². The van der Waals surface area contributed by atoms with Gasteiger partial charge in [-0.3, -0.25) is 4.79 Å². The first-order chi connectivity index (χ1) is 4.33. The van der Waals surface area contributed by atoms with E-state index in [1.54, 1.807) is 11.8 Å². The number of carbonyl (C=O) groups is 1. The van der Waals surface area contributed by atoms with E-state index in [-0.39, 0.29) is 17.9 Å². The quantitative estimate of drug-likeness (QED) is 0.556. The summed E-state index contributed by atoms with van der Waals surface area (Å²) in [6.45, 7) is 0.151. The van der Waals surface area contributed by atoms with Crippen molar-refractivity contribution in [2.45, 2.75) is 11.8 Å². The number of hydrogen-bond donors (Lipinski definition) is 2. The van der Waals surface area contributed by atoms with E-state index in [1.807, 2.05) is 0 Å². The molecule has 1 atom stereocenters. The summed E-state index contributed by atoms with van der Waals surface area (Å²) in [7, 11) is 0. The zero-order valence-electron chi connectivity index (χ0n) is 4.96. The molecule has 0 aromatic carbocycles. The molecule has 0 saturated carbocycles. The van der Waals surface area contributed by atoms with Gasteiger partial charge in [0, 0.05) is 13.0 Å². The van der Waals surface area contributed by atoms with Crippen molar-refractivity contribution in [1.82, 2.24) is 5.32 Å². The average molecular weight is 147 g/mol. The first-order valence-electron chi connectivity index (χ1n) is 2.85. The van der Waals surface area contributed by atoms with E-state index < -0.39 is 0 Å². The molecule has 52 valence electrons. The van der Waals surface area contributed by atoms with E-state index >= 15 is 0 Å². The maximum absolute atomic E-state index is 10.5. The summed E-state index contributed by atoms with van der Waals surface area (Å²) in [4.78, 5) is 10.5. The Hall–Kier alpha value is -0.220. The minimum Gasteiger partial charge on any atom is -0.396 e. The zero-order valence-corrected chi connectivity index (χ0v) is 5.78. The van der Waals surface area contributed by atoms with Crippen molar-refractivity contribution in [2.24, 2.45) is 0 Å². The highest BCUT2D eigenvalue weighted by Gasteiger charge is 2.19. The van der Waals surface area contributed by atoms with Gasteiger partial charge in [-0.2, -0.15) is 0 Å². The minimum absolute atomic E-state index is 0.0819. The minimum atomic E-state index is 0.0819. The Labute approximate surface area is 57.8 Å². The van der Waals surface area contributed by atoms with Gasteiger partial charge in [0.15, 0.2) is 0 Å². The average Bonchev–Trinajstić information content (AvgIpc) is 2.17. The zero-order chi connectivity index (χ0) is 6.69. The molecule has 1 unspecified atom stereocenters. The van der Waals surface area contributed by atoms with Gasteiger partial charge in [-0.15, -0.1) is 11.8 Å². The molecule has 9 heavy (non-hydrogen) atoms. The number of aliphatic hydroxyl groups excluding tert-OH is 1. The summed E-state index contributed by atoms with van der Waals surface area (Å²) in [6.07, 6.45) is 0.663. The molecular weight excluding hydrogens is 138 g/mol. The SMILES string of the molecule is O=C1CSC(CCO)N1. The summed E-state index contributed by atoms with van der Waals surface area (Å²) in [5.41, 5.74) is 0. The van der Waals surface area contributed by atoms with Crippen LogP contribution in [0.2, 0.25) is 0 Å². The molecule has 1 aliphatic rings. The van der Waals surface area contributed by atoms with Crippen molar-refractivity contribution < 1.29 is 9.90 Å². The normalized spacial score (nSPS) is 26.3. The van der Waals surface area contributed by atoms with Crippen molar-refractivity contribution in [2.75, 3.05) is 12.4 Å². The fourth-order valence-electron chi connectivity index (χ4n) is 0.712. The van der Waals surface area contributed by atoms with Crippen LogP contribution in [-0.2, 0) is 4.79 Å². The van der Waals surface area contributed by atoms with Gasteiger partial charge in [-0.05, 0) is 0 Å². The summed E-state index contributed by atoms with van der Waals surface area (Å²) in [5, 5.41) is 11.3. The van der Waals surface area contributed by atoms with Crippen LogP contribution in [0.25, 0.3) is 0 Å². The highest BCUT2D eigenvalue weighted by atomic mass is 32.2. The van der Waals surface area contributed by atoms with E-state index in [9.17, 15) is 4.79 Å². The van der Waals surface area contributed by atoms with Crippen LogP contribution in [-0.4, -0.2) is 28.7 Å². The van der Waals surface area contributed by atoms with Crippen molar-refractivity contribution in [3.8, 4) is 0 Å². The molecule has 0 aromatic rings. The van der Waals surface area contributed by atoms with E-state index in [0.29, 0.717) is 12.2 Å². The van der Waals surface area contributed by atoms with Gasteiger partial charge in [-0.25, -0.2) is 0 Å². The molecule has 1 aliphatic heterocycles. The van der Waals surface area contributed by atoms with Crippen LogP contribution in [0.3, 0.4) is 0 Å². The van der Waals surface area contributed by atoms with Crippen LogP contribution in [0.1, 0.15) is 6.42 Å². The Morgan fingerprint density at radius 3 is 3.11 bits per heavy atom. The van der Waals surface area contributed by atoms with Crippen molar-refractivity contribution in [3.63, 3.8) is 0 Å². The molecule has 0 aromatic heterocycles. The summed E-state index contributed by atoms with van der Waals surface area (Å²) < 4.78 is 0. The molecular formula is C5H9NO2S. The smallest absolute Gasteiger partial charge is 0.230 e. The third-order valence-electron chi connectivity index (χ3n) is 1.13. The number of carbonyl (C=O) groups excluding carboxylic acids is 1. The maximum Gasteiger partial charge on any atom is 0.230 e. The van der Waals surface area contributed by atoms with Crippen LogP contribution in [0, 0.1) is 0 Å². The van der Waals surface area contributed by atoms with Gasteiger partial charge in [0.25, 0.3) is 0 Å². The number of amides is 1. The van der Waals surface area contributed by atoms with Crippen LogP contribution in [0.4, 0.5) is 0 Å². The number of rotatable bonds is 2. The van der Waals surface area contributed by atoms with Crippen LogP contribution in [0.15, 0.2) is 0 Å². The fraction of sp³-hybridized carbons (Fsp3) is 0.800. The Kier molecular flexibility index (Phi) is 2.36. The molecule has 1 heterocycles. The number of aliphatic hydroxyl groups is 1. The third-order valence-corrected chi connectivity index (χ3v) is 2.31. The molecule has 4 heteroatoms. The van der Waals surface area contributed by atoms with Gasteiger partial charge >= 0.3 is 0 Å². The maximum atomic E-state index is 10.5. The van der Waals surface area contributed by atoms with E-state index in [0.717, 1.165) is 0 Å². The van der Waals surface area contributed by atoms with Crippen molar-refractivity contribution >= 4 is 17.7 Å². The summed E-state index contributed by atoms with van der Waals surface area (Å²) in [5.74, 6) is 0.628. The molecule has 1 fully saturated rings. The first kappa shape index (κ1) is 6.89. The lowest BCUT2D eigenvalue weighted by Gasteiger charge is -2.04. The molecule has 2 N–H and O–H groups in total. The molecule has 0 spiro atoms. The second-order valence-corrected chi connectivity index (χ2v) is 3.07. The van der Waals surface area contributed by atoms with Crippen LogP contribution < -0.4 is 5.32 Å². The molecule has 0 bridgehead atoms. The highest BCUT2D eigenvalue weighted by Crippen LogP contribution is 2.16. The predicted molar refractivity (Wildman–Crippen MR) is 36.1 cm³/mol.